The van der Waals surface area contributed by atoms with Crippen LogP contribution in [0, 0.1) is 13.8 Å². The first kappa shape index (κ1) is 11.3. The molecule has 0 amide bonds. The van der Waals surface area contributed by atoms with E-state index in [1.54, 1.807) is 0 Å². The fourth-order valence-corrected chi connectivity index (χ4v) is 2.68. The third-order valence-corrected chi connectivity index (χ3v) is 3.78. The van der Waals surface area contributed by atoms with Crippen LogP contribution in [-0.2, 0) is 4.20 Å². The number of fused-ring (bicyclic) bond motifs is 3. The van der Waals surface area contributed by atoms with Crippen LogP contribution >= 0.6 is 9.12 Å². The molecule has 3 aromatic rings. The minimum absolute atomic E-state index is 0.843. The SMILES string of the molecule is Cc1c(C)[n+]2[cH-]cc[cH-]c2c2c1[cH-]cc[c-]2[O+]=P. The van der Waals surface area contributed by atoms with Crippen LogP contribution in [0.15, 0.2) is 42.6 Å². The second-order valence-electron chi connectivity index (χ2n) is 4.45. The van der Waals surface area contributed by atoms with Crippen LogP contribution in [0.1, 0.15) is 11.3 Å². The van der Waals surface area contributed by atoms with Gasteiger partial charge in [-0.1, -0.05) is 12.3 Å². The lowest BCUT2D eigenvalue weighted by Crippen LogP contribution is -2.26. The summed E-state index contributed by atoms with van der Waals surface area (Å²) in [5, 5.41) is 2.37. The Bertz CT molecular complexity index is 780. The maximum Gasteiger partial charge on any atom is 0.371 e. The van der Waals surface area contributed by atoms with Gasteiger partial charge in [0, 0.05) is 11.7 Å². The van der Waals surface area contributed by atoms with Crippen LogP contribution in [0.3, 0.4) is 0 Å². The van der Waals surface area contributed by atoms with Crippen molar-refractivity contribution in [1.29, 1.82) is 0 Å². The lowest BCUT2D eigenvalue weighted by Gasteiger charge is -2.21. The Kier molecular flexibility index (Phi) is 2.61. The van der Waals surface area contributed by atoms with Crippen LogP contribution in [0.25, 0.3) is 16.3 Å². The molecule has 0 unspecified atom stereocenters. The zero-order chi connectivity index (χ0) is 12.7. The molecular formula is C15H14NOP-2. The molecule has 0 aliphatic carbocycles. The van der Waals surface area contributed by atoms with Crippen LogP contribution in [0.2, 0.25) is 0 Å². The van der Waals surface area contributed by atoms with E-state index in [9.17, 15) is 0 Å². The summed E-state index contributed by atoms with van der Waals surface area (Å²) in [6, 6.07) is 12.3. The van der Waals surface area contributed by atoms with Gasteiger partial charge < -0.3 is 4.40 Å². The maximum atomic E-state index is 5.32. The van der Waals surface area contributed by atoms with Gasteiger partial charge in [0.15, 0.2) is 0 Å². The molecule has 3 rings (SSSR count). The molecule has 0 aliphatic rings. The molecule has 0 N–H and O–H groups in total. The summed E-state index contributed by atoms with van der Waals surface area (Å²) >= 11 is 0. The molecule has 0 saturated carbocycles. The zero-order valence-electron chi connectivity index (χ0n) is 10.4. The number of pyridine rings is 2. The Morgan fingerprint density at radius 1 is 1.22 bits per heavy atom. The van der Waals surface area contributed by atoms with E-state index in [0.717, 1.165) is 16.7 Å². The number of benzene rings is 1. The standard InChI is InChI=1S/C15H14NOP/c1-10-11(2)16-9-4-3-7-13(16)15-12(10)6-5-8-14(15)17-18/h3-9,18H,1-2H3/q-2. The normalized spacial score (nSPS) is 11.0. The summed E-state index contributed by atoms with van der Waals surface area (Å²) in [7, 11) is 3.15. The Labute approximate surface area is 108 Å². The summed E-state index contributed by atoms with van der Waals surface area (Å²) in [6.07, 6.45) is 2.08. The first-order valence-corrected chi connectivity index (χ1v) is 6.30. The monoisotopic (exact) mass is 255 g/mol. The Morgan fingerprint density at radius 3 is 2.83 bits per heavy atom. The fraction of sp³-hybridized carbons (Fsp3) is 0.133. The van der Waals surface area contributed by atoms with Crippen molar-refractivity contribution < 1.29 is 8.60 Å². The van der Waals surface area contributed by atoms with Crippen molar-refractivity contribution in [3.8, 4) is 5.75 Å². The minimum atomic E-state index is 0.843. The molecule has 0 radical (unpaired) electrons. The van der Waals surface area contributed by atoms with Gasteiger partial charge in [0.25, 0.3) is 0 Å². The molecule has 0 spiro atoms. The zero-order valence-corrected chi connectivity index (χ0v) is 11.4. The summed E-state index contributed by atoms with van der Waals surface area (Å²) in [5.41, 5.74) is 3.69. The number of nitrogens with zero attached hydrogens (tertiary/aromatic N) is 1. The quantitative estimate of drug-likeness (QED) is 0.206. The number of hydrogen-bond acceptors (Lipinski definition) is 0. The highest BCUT2D eigenvalue weighted by atomic mass is 31.0. The number of rotatable bonds is 1. The van der Waals surface area contributed by atoms with Crippen molar-refractivity contribution >= 4 is 25.4 Å². The first-order valence-electron chi connectivity index (χ1n) is 5.90. The van der Waals surface area contributed by atoms with E-state index in [-0.39, 0.29) is 0 Å². The smallest absolute Gasteiger partial charge is 0.324 e. The van der Waals surface area contributed by atoms with E-state index in [4.69, 9.17) is 4.20 Å². The molecule has 18 heavy (non-hydrogen) atoms. The van der Waals surface area contributed by atoms with Gasteiger partial charge in [0.2, 0.25) is 5.75 Å². The summed E-state index contributed by atoms with van der Waals surface area (Å²) in [6.45, 7) is 4.29. The average Bonchev–Trinajstić information content (AvgIpc) is 2.44. The first-order chi connectivity index (χ1) is 8.74. The van der Waals surface area contributed by atoms with Gasteiger partial charge in [-0.05, 0) is 6.92 Å². The number of hydrogen-bond donors (Lipinski definition) is 0. The van der Waals surface area contributed by atoms with Crippen molar-refractivity contribution in [2.75, 3.05) is 0 Å². The second-order valence-corrected chi connectivity index (χ2v) is 4.65. The van der Waals surface area contributed by atoms with Crippen molar-refractivity contribution in [3.05, 3.63) is 53.9 Å². The van der Waals surface area contributed by atoms with Crippen LogP contribution in [0.5, 0.6) is 5.75 Å². The summed E-state index contributed by atoms with van der Waals surface area (Å²) in [5.74, 6) is 0.843. The van der Waals surface area contributed by atoms with Gasteiger partial charge in [0.05, 0.1) is 5.69 Å². The van der Waals surface area contributed by atoms with Gasteiger partial charge in [-0.2, -0.15) is 12.1 Å². The summed E-state index contributed by atoms with van der Waals surface area (Å²) < 4.78 is 7.52. The Morgan fingerprint density at radius 2 is 2.06 bits per heavy atom. The van der Waals surface area contributed by atoms with E-state index < -0.39 is 0 Å². The lowest BCUT2D eigenvalue weighted by atomic mass is 10.0. The lowest BCUT2D eigenvalue weighted by molar-refractivity contribution is -0.519. The maximum absolute atomic E-state index is 5.32. The van der Waals surface area contributed by atoms with Crippen LogP contribution < -0.4 is 4.40 Å². The third kappa shape index (κ3) is 1.46. The molecule has 0 saturated heterocycles. The predicted octanol–water partition coefficient (Wildman–Crippen LogP) is 3.93. The highest BCUT2D eigenvalue weighted by Crippen LogP contribution is 2.31. The highest BCUT2D eigenvalue weighted by Gasteiger charge is 2.04. The number of aromatic nitrogens is 1. The molecule has 2 nitrogen and oxygen atoms in total. The molecule has 0 aliphatic heterocycles. The van der Waals surface area contributed by atoms with Crippen LogP contribution in [-0.4, -0.2) is 0 Å². The second kappa shape index (κ2) is 4.15. The van der Waals surface area contributed by atoms with E-state index in [0.29, 0.717) is 0 Å². The van der Waals surface area contributed by atoms with E-state index in [1.807, 2.05) is 24.3 Å². The van der Waals surface area contributed by atoms with Crippen molar-refractivity contribution in [1.82, 2.24) is 0 Å². The van der Waals surface area contributed by atoms with Crippen LogP contribution in [0.4, 0.5) is 0 Å². The van der Waals surface area contributed by atoms with E-state index >= 15 is 0 Å². The molecule has 2 aromatic heterocycles. The third-order valence-electron chi connectivity index (χ3n) is 3.56. The fourth-order valence-electron chi connectivity index (χ4n) is 2.51. The van der Waals surface area contributed by atoms with Gasteiger partial charge in [-0.15, -0.1) is 11.6 Å². The molecule has 0 bridgehead atoms. The van der Waals surface area contributed by atoms with E-state index in [1.165, 1.54) is 16.6 Å². The average molecular weight is 255 g/mol. The molecule has 92 valence electrons. The molecule has 0 atom stereocenters. The Hall–Kier alpha value is -1.79. The van der Waals surface area contributed by atoms with Gasteiger partial charge in [-0.25, -0.2) is 23.6 Å². The molecule has 3 heteroatoms. The van der Waals surface area contributed by atoms with Crippen molar-refractivity contribution in [2.45, 2.75) is 13.8 Å². The number of aryl methyl sites for hydroxylation is 2. The minimum Gasteiger partial charge on any atom is -0.324 e. The largest absolute Gasteiger partial charge is 0.371 e. The van der Waals surface area contributed by atoms with Crippen molar-refractivity contribution in [3.63, 3.8) is 0 Å². The summed E-state index contributed by atoms with van der Waals surface area (Å²) in [4.78, 5) is 0. The van der Waals surface area contributed by atoms with Gasteiger partial charge >= 0.3 is 9.12 Å². The van der Waals surface area contributed by atoms with Crippen molar-refractivity contribution in [2.24, 2.45) is 0 Å². The molecular weight excluding hydrogens is 241 g/mol. The van der Waals surface area contributed by atoms with E-state index in [2.05, 4.69) is 45.7 Å². The molecule has 2 heterocycles. The predicted molar refractivity (Wildman–Crippen MR) is 75.0 cm³/mol. The Balaban J connectivity index is 2.71. The van der Waals surface area contributed by atoms with Gasteiger partial charge in [0.1, 0.15) is 0 Å². The molecule has 1 aromatic carbocycles. The highest BCUT2D eigenvalue weighted by molar-refractivity contribution is 7.00. The van der Waals surface area contributed by atoms with Gasteiger partial charge in [-0.3, -0.25) is 4.20 Å². The topological polar surface area (TPSA) is 15.4 Å². The molecule has 0 fully saturated rings.